The lowest BCUT2D eigenvalue weighted by molar-refractivity contribution is -0.386. The van der Waals surface area contributed by atoms with Crippen LogP contribution in [0, 0.1) is 10.1 Å². The van der Waals surface area contributed by atoms with E-state index in [4.69, 9.17) is 0 Å². The summed E-state index contributed by atoms with van der Waals surface area (Å²) in [5, 5.41) is 10.5. The third-order valence-electron chi connectivity index (χ3n) is 1.44. The molecule has 0 N–H and O–H groups in total. The molecule has 0 unspecified atom stereocenters. The van der Waals surface area contributed by atoms with Gasteiger partial charge in [0.1, 0.15) is 0 Å². The van der Waals surface area contributed by atoms with Crippen molar-refractivity contribution in [1.29, 1.82) is 0 Å². The molecule has 0 bridgehead atoms. The van der Waals surface area contributed by atoms with Crippen LogP contribution in [0.15, 0.2) is 16.9 Å². The largest absolute Gasteiger partial charge is 0.465 e. The highest BCUT2D eigenvalue weighted by Gasteiger charge is 2.17. The Hall–Kier alpha value is -1.50. The molecule has 6 nitrogen and oxygen atoms in total. The van der Waals surface area contributed by atoms with E-state index in [0.29, 0.717) is 0 Å². The number of carbonyl (C=O) groups is 1. The number of pyridine rings is 1. The van der Waals surface area contributed by atoms with Crippen LogP contribution in [0.5, 0.6) is 0 Å². The van der Waals surface area contributed by atoms with Crippen molar-refractivity contribution in [1.82, 2.24) is 4.98 Å². The second-order valence-electron chi connectivity index (χ2n) is 2.28. The fourth-order valence-electron chi connectivity index (χ4n) is 0.794. The van der Waals surface area contributed by atoms with Crippen LogP contribution in [0.2, 0.25) is 0 Å². The van der Waals surface area contributed by atoms with Crippen molar-refractivity contribution >= 4 is 27.6 Å². The highest BCUT2D eigenvalue weighted by atomic mass is 79.9. The van der Waals surface area contributed by atoms with Crippen molar-refractivity contribution in [3.63, 3.8) is 0 Å². The molecule has 0 aliphatic carbocycles. The molecule has 0 radical (unpaired) electrons. The number of hydrogen-bond donors (Lipinski definition) is 0. The monoisotopic (exact) mass is 260 g/mol. The molecule has 7 heteroatoms. The molecular formula is C7H5BrN2O4. The van der Waals surface area contributed by atoms with Crippen LogP contribution in [-0.2, 0) is 4.74 Å². The van der Waals surface area contributed by atoms with E-state index < -0.39 is 10.9 Å². The van der Waals surface area contributed by atoms with Crippen LogP contribution in [-0.4, -0.2) is 23.0 Å². The molecule has 0 fully saturated rings. The number of nitrogens with zero attached hydrogens (tertiary/aromatic N) is 2. The molecular weight excluding hydrogens is 256 g/mol. The predicted octanol–water partition coefficient (Wildman–Crippen LogP) is 1.54. The number of aromatic nitrogens is 1. The van der Waals surface area contributed by atoms with Crippen molar-refractivity contribution in [2.24, 2.45) is 0 Å². The van der Waals surface area contributed by atoms with Gasteiger partial charge in [-0.3, -0.25) is 10.1 Å². The van der Waals surface area contributed by atoms with E-state index in [1.807, 2.05) is 0 Å². The van der Waals surface area contributed by atoms with E-state index in [1.54, 1.807) is 0 Å². The molecule has 0 aliphatic heterocycles. The maximum Gasteiger partial charge on any atom is 0.339 e. The highest BCUT2D eigenvalue weighted by Crippen LogP contribution is 2.22. The number of hydrogen-bond acceptors (Lipinski definition) is 5. The molecule has 0 saturated heterocycles. The summed E-state index contributed by atoms with van der Waals surface area (Å²) < 4.78 is 4.47. The minimum absolute atomic E-state index is 0.0439. The lowest BCUT2D eigenvalue weighted by Crippen LogP contribution is -2.03. The first-order valence-corrected chi connectivity index (χ1v) is 4.24. The van der Waals surface area contributed by atoms with E-state index >= 15 is 0 Å². The second kappa shape index (κ2) is 4.14. The zero-order valence-electron chi connectivity index (χ0n) is 7.06. The summed E-state index contributed by atoms with van der Waals surface area (Å²) in [7, 11) is 1.19. The summed E-state index contributed by atoms with van der Waals surface area (Å²) in [5.74, 6) is -0.659. The van der Waals surface area contributed by atoms with Crippen molar-refractivity contribution in [2.45, 2.75) is 0 Å². The number of methoxy groups -OCH3 is 1. The molecule has 1 aromatic heterocycles. The summed E-state index contributed by atoms with van der Waals surface area (Å²) in [6, 6.07) is 1.10. The van der Waals surface area contributed by atoms with Crippen LogP contribution in [0.3, 0.4) is 0 Å². The summed E-state index contributed by atoms with van der Waals surface area (Å²) in [6.07, 6.45) is 1.20. The van der Waals surface area contributed by atoms with Gasteiger partial charge in [0.2, 0.25) is 0 Å². The second-order valence-corrected chi connectivity index (χ2v) is 3.03. The van der Waals surface area contributed by atoms with E-state index in [1.165, 1.54) is 13.3 Å². The number of carbonyl (C=O) groups excluding carboxylic acids is 1. The van der Waals surface area contributed by atoms with E-state index in [-0.39, 0.29) is 15.9 Å². The number of ether oxygens (including phenoxy) is 1. The van der Waals surface area contributed by atoms with Crippen molar-refractivity contribution in [2.75, 3.05) is 7.11 Å². The predicted molar refractivity (Wildman–Crippen MR) is 49.9 cm³/mol. The van der Waals surface area contributed by atoms with E-state index in [0.717, 1.165) is 6.07 Å². The SMILES string of the molecule is COC(=O)c1cnc(Br)c([N+](=O)[O-])c1. The number of rotatable bonds is 2. The maximum absolute atomic E-state index is 11.0. The van der Waals surface area contributed by atoms with Crippen LogP contribution in [0.4, 0.5) is 5.69 Å². The van der Waals surface area contributed by atoms with Crippen LogP contribution in [0.1, 0.15) is 10.4 Å². The number of nitro groups is 1. The van der Waals surface area contributed by atoms with Gasteiger partial charge >= 0.3 is 11.7 Å². The Labute approximate surface area is 87.2 Å². The van der Waals surface area contributed by atoms with Gasteiger partial charge in [0.25, 0.3) is 0 Å². The summed E-state index contributed by atoms with van der Waals surface area (Å²) in [4.78, 5) is 24.5. The average Bonchev–Trinajstić information content (AvgIpc) is 2.17. The van der Waals surface area contributed by atoms with Crippen molar-refractivity contribution < 1.29 is 14.5 Å². The van der Waals surface area contributed by atoms with Gasteiger partial charge in [-0.15, -0.1) is 0 Å². The zero-order chi connectivity index (χ0) is 10.7. The van der Waals surface area contributed by atoms with Gasteiger partial charge < -0.3 is 4.74 Å². The van der Waals surface area contributed by atoms with E-state index in [2.05, 4.69) is 25.7 Å². The highest BCUT2D eigenvalue weighted by molar-refractivity contribution is 9.10. The molecule has 0 amide bonds. The van der Waals surface area contributed by atoms with Crippen molar-refractivity contribution in [3.8, 4) is 0 Å². The fraction of sp³-hybridized carbons (Fsp3) is 0.143. The zero-order valence-corrected chi connectivity index (χ0v) is 8.65. The summed E-state index contributed by atoms with van der Waals surface area (Å²) in [6.45, 7) is 0. The average molecular weight is 261 g/mol. The summed E-state index contributed by atoms with van der Waals surface area (Å²) >= 11 is 2.90. The quantitative estimate of drug-likeness (QED) is 0.349. The topological polar surface area (TPSA) is 82.3 Å². The number of esters is 1. The van der Waals surface area contributed by atoms with Gasteiger partial charge in [-0.2, -0.15) is 0 Å². The van der Waals surface area contributed by atoms with Crippen LogP contribution in [0.25, 0.3) is 0 Å². The molecule has 0 aromatic carbocycles. The third-order valence-corrected chi connectivity index (χ3v) is 2.05. The Morgan fingerprint density at radius 3 is 2.86 bits per heavy atom. The first-order chi connectivity index (χ1) is 6.56. The van der Waals surface area contributed by atoms with Crippen LogP contribution < -0.4 is 0 Å². The fourth-order valence-corrected chi connectivity index (χ4v) is 1.16. The summed E-state index contributed by atoms with van der Waals surface area (Å²) in [5.41, 5.74) is -0.227. The van der Waals surface area contributed by atoms with Gasteiger partial charge in [0, 0.05) is 12.3 Å². The molecule has 1 rings (SSSR count). The molecule has 1 heterocycles. The molecule has 1 aromatic rings. The Morgan fingerprint density at radius 2 is 2.36 bits per heavy atom. The minimum Gasteiger partial charge on any atom is -0.465 e. The lowest BCUT2D eigenvalue weighted by Gasteiger charge is -1.99. The Kier molecular flexibility index (Phi) is 3.13. The molecule has 0 spiro atoms. The normalized spacial score (nSPS) is 9.57. The first kappa shape index (κ1) is 10.6. The van der Waals surface area contributed by atoms with Crippen LogP contribution >= 0.6 is 15.9 Å². The lowest BCUT2D eigenvalue weighted by atomic mass is 10.3. The molecule has 74 valence electrons. The first-order valence-electron chi connectivity index (χ1n) is 3.44. The molecule has 0 aliphatic rings. The Balaban J connectivity index is 3.19. The molecule has 14 heavy (non-hydrogen) atoms. The van der Waals surface area contributed by atoms with Gasteiger partial charge in [0.15, 0.2) is 4.60 Å². The van der Waals surface area contributed by atoms with Gasteiger partial charge in [0.05, 0.1) is 17.6 Å². The van der Waals surface area contributed by atoms with Crippen molar-refractivity contribution in [3.05, 3.63) is 32.5 Å². The molecule has 0 atom stereocenters. The van der Waals surface area contributed by atoms with Gasteiger partial charge in [-0.1, -0.05) is 0 Å². The molecule has 0 saturated carbocycles. The van der Waals surface area contributed by atoms with Gasteiger partial charge in [-0.25, -0.2) is 9.78 Å². The van der Waals surface area contributed by atoms with E-state index in [9.17, 15) is 14.9 Å². The van der Waals surface area contributed by atoms with Gasteiger partial charge in [-0.05, 0) is 15.9 Å². The Morgan fingerprint density at radius 1 is 1.71 bits per heavy atom. The number of halogens is 1. The standard InChI is InChI=1S/C7H5BrN2O4/c1-14-7(11)4-2-5(10(12)13)6(8)9-3-4/h2-3H,1H3. The third kappa shape index (κ3) is 2.05. The smallest absolute Gasteiger partial charge is 0.339 e. The maximum atomic E-state index is 11.0. The minimum atomic E-state index is -0.659. The Bertz CT molecular complexity index is 393.